The molecule has 0 aromatic heterocycles. The molecule has 0 N–H and O–H groups in total. The van der Waals surface area contributed by atoms with Gasteiger partial charge < -0.3 is 0 Å². The first-order valence-corrected chi connectivity index (χ1v) is 5.60. The molecule has 0 aliphatic carbocycles. The predicted octanol–water partition coefficient (Wildman–Crippen LogP) is -8.69. The second-order valence-electron chi connectivity index (χ2n) is 1.74. The summed E-state index contributed by atoms with van der Waals surface area (Å²) in [4.78, 5) is 14.9. The molecule has 0 rings (SSSR count). The van der Waals surface area contributed by atoms with Crippen LogP contribution in [-0.4, -0.2) is 0 Å². The number of hydrogen-bond donors (Lipinski definition) is 0. The molecule has 0 bridgehead atoms. The first-order chi connectivity index (χ1) is 5.97. The Balaban J connectivity index is -0.000000240. The molecular weight excluding hydrogens is 333 g/mol. The van der Waals surface area contributed by atoms with Crippen LogP contribution in [0.25, 0.3) is 0 Å². The van der Waals surface area contributed by atoms with Crippen LogP contribution >= 0.6 is 0 Å². The van der Waals surface area contributed by atoms with E-state index in [-0.39, 0.29) is 154 Å². The standard InChI is InChI=1S/5CN.Fe.3K.NO/c5*1-2;;;;;1-2/q;;;;;-2;3*+1;-1. The van der Waals surface area contributed by atoms with Crippen molar-refractivity contribution in [3.63, 3.8) is 0 Å². The molecule has 0 fully saturated rings. The molecule has 0 aliphatic rings. The maximum Gasteiger partial charge on any atom is 1.00 e. The van der Waals surface area contributed by atoms with Gasteiger partial charge in [-0.05, 0) is 0 Å². The van der Waals surface area contributed by atoms with Crippen molar-refractivity contribution in [2.24, 2.45) is 4.19 Å². The first kappa shape index (κ1) is 26.9. The molecule has 0 unspecified atom stereocenters. The second kappa shape index (κ2) is 8.61. The van der Waals surface area contributed by atoms with Crippen LogP contribution in [0.3, 0.4) is 0 Å². The molecule has 0 saturated carbocycles. The Morgan fingerprint density at radius 1 is 0.688 bits per heavy atom. The number of nitriles is 5. The van der Waals surface area contributed by atoms with E-state index in [1.807, 2.05) is 4.19 Å². The first-order valence-electron chi connectivity index (χ1n) is 2.34. The van der Waals surface area contributed by atoms with Crippen molar-refractivity contribution in [2.45, 2.75) is 0 Å². The molecule has 11 heteroatoms. The zero-order chi connectivity index (χ0) is 10.7. The molecule has 67 valence electrons. The molecular formula is C5FeK3N6O. The van der Waals surface area contributed by atoms with Crippen molar-refractivity contribution in [3.8, 4) is 24.8 Å². The zero-order valence-electron chi connectivity index (χ0n) is 8.95. The van der Waals surface area contributed by atoms with Crippen molar-refractivity contribution < 1.29 is 165 Å². The van der Waals surface area contributed by atoms with Crippen molar-refractivity contribution >= 4 is 0 Å². The summed E-state index contributed by atoms with van der Waals surface area (Å²) in [5.74, 6) is 0. The van der Waals surface area contributed by atoms with Crippen molar-refractivity contribution in [2.75, 3.05) is 0 Å². The summed E-state index contributed by atoms with van der Waals surface area (Å²) in [6, 6.07) is 0. The van der Waals surface area contributed by atoms with Gasteiger partial charge in [0.05, 0.1) is 0 Å². The average Bonchev–Trinajstić information content (AvgIpc) is 2.26. The Bertz CT molecular complexity index is 404. The predicted molar refractivity (Wildman–Crippen MR) is 33.9 cm³/mol. The van der Waals surface area contributed by atoms with Crippen LogP contribution < -0.4 is 154 Å². The van der Waals surface area contributed by atoms with Crippen LogP contribution in [0.15, 0.2) is 4.19 Å². The van der Waals surface area contributed by atoms with E-state index in [2.05, 4.69) is 0 Å². The van der Waals surface area contributed by atoms with Gasteiger partial charge in [-0.25, -0.2) is 0 Å². The minimum Gasteiger partial charge on any atom is 1.00 e. The molecule has 0 spiro atoms. The van der Waals surface area contributed by atoms with E-state index in [9.17, 15) is 4.91 Å². The largest absolute Gasteiger partial charge is 1.00 e. The van der Waals surface area contributed by atoms with Crippen molar-refractivity contribution in [1.82, 2.24) is 0 Å². The fourth-order valence-corrected chi connectivity index (χ4v) is 1.03. The molecule has 0 heterocycles. The van der Waals surface area contributed by atoms with Gasteiger partial charge >= 0.3 is 225 Å². The molecule has 0 aromatic rings. The van der Waals surface area contributed by atoms with E-state index >= 15 is 0 Å². The Kier molecular flexibility index (Phi) is 14.5. The van der Waals surface area contributed by atoms with Crippen molar-refractivity contribution in [1.29, 1.82) is 26.3 Å². The van der Waals surface area contributed by atoms with Crippen LogP contribution in [0, 0.1) is 56.1 Å². The number of rotatable bonds is 1. The van der Waals surface area contributed by atoms with Crippen LogP contribution in [-0.2, 0) is 11.0 Å². The van der Waals surface area contributed by atoms with Gasteiger partial charge in [-0.2, -0.15) is 0 Å². The second-order valence-corrected chi connectivity index (χ2v) is 7.17. The third kappa shape index (κ3) is 3.74. The summed E-state index contributed by atoms with van der Waals surface area (Å²) in [7, 11) is -6.40. The maximum absolute atomic E-state index is 10.3. The molecule has 0 atom stereocenters. The maximum atomic E-state index is 10.3. The van der Waals surface area contributed by atoms with E-state index in [4.69, 9.17) is 26.3 Å². The Labute approximate surface area is 218 Å². The summed E-state index contributed by atoms with van der Waals surface area (Å²) >= 11 is 0. The molecule has 0 radical (unpaired) electrons. The minimum atomic E-state index is -6.40. The van der Waals surface area contributed by atoms with Crippen LogP contribution in [0.4, 0.5) is 0 Å². The number of nitroso groups, excluding NO2 is 1. The van der Waals surface area contributed by atoms with E-state index in [0.717, 1.165) is 24.8 Å². The average molecular weight is 333 g/mol. The molecule has 0 saturated heterocycles. The van der Waals surface area contributed by atoms with E-state index in [1.54, 1.807) is 0 Å². The van der Waals surface area contributed by atoms with Gasteiger partial charge in [0, 0.05) is 0 Å². The smallest absolute Gasteiger partial charge is 1.00 e. The zero-order valence-corrected chi connectivity index (χ0v) is 19.4. The topological polar surface area (TPSA) is 148 Å². The van der Waals surface area contributed by atoms with Gasteiger partial charge in [-0.3, -0.25) is 0 Å². The third-order valence-electron chi connectivity index (χ3n) is 1.13. The molecule has 16 heavy (non-hydrogen) atoms. The summed E-state index contributed by atoms with van der Waals surface area (Å²) < 4.78 is 1.97. The number of nitrogens with zero attached hydrogens (tertiary/aromatic N) is 6. The van der Waals surface area contributed by atoms with E-state index in [0.29, 0.717) is 0 Å². The fourth-order valence-electron chi connectivity index (χ4n) is 0.249. The normalized spacial score (nSPS) is 11.2. The monoisotopic (exact) mass is 333 g/mol. The molecule has 0 aliphatic heterocycles. The third-order valence-corrected chi connectivity index (χ3v) is 4.65. The summed E-state index contributed by atoms with van der Waals surface area (Å²) in [6.45, 7) is 0. The van der Waals surface area contributed by atoms with Gasteiger partial charge in [-0.1, -0.05) is 0 Å². The SMILES string of the molecule is N#[C][Fe-3]([C]#N)([C]#N)([C]#N)([C]#N)[N]=O.[K+].[K+].[K+]. The Morgan fingerprint density at radius 3 is 0.875 bits per heavy atom. The Hall–Kier alpha value is 2.48. The van der Waals surface area contributed by atoms with Gasteiger partial charge in [-0.15, -0.1) is 0 Å². The molecule has 0 amide bonds. The van der Waals surface area contributed by atoms with E-state index in [1.165, 1.54) is 0 Å². The van der Waals surface area contributed by atoms with E-state index < -0.39 is 11.0 Å². The van der Waals surface area contributed by atoms with Gasteiger partial charge in [0.25, 0.3) is 0 Å². The van der Waals surface area contributed by atoms with Gasteiger partial charge in [0.2, 0.25) is 0 Å². The summed E-state index contributed by atoms with van der Waals surface area (Å²) in [5, 5.41) is 42.5. The van der Waals surface area contributed by atoms with Crippen LogP contribution in [0.2, 0.25) is 0 Å². The van der Waals surface area contributed by atoms with Crippen molar-refractivity contribution in [3.05, 3.63) is 4.91 Å². The van der Waals surface area contributed by atoms with Gasteiger partial charge in [0.15, 0.2) is 0 Å². The summed E-state index contributed by atoms with van der Waals surface area (Å²) in [5.41, 5.74) is 0. The Morgan fingerprint density at radius 2 is 0.875 bits per heavy atom. The molecule has 0 aromatic carbocycles. The van der Waals surface area contributed by atoms with Crippen LogP contribution in [0.5, 0.6) is 0 Å². The number of hydrogen-bond acceptors (Lipinski definition) is 7. The summed E-state index contributed by atoms with van der Waals surface area (Å²) in [6.07, 6.45) is 0. The van der Waals surface area contributed by atoms with Gasteiger partial charge in [0.1, 0.15) is 0 Å². The fraction of sp³-hybridized carbons (Fsp3) is 0. The minimum absolute atomic E-state index is 0. The molecule has 7 nitrogen and oxygen atoms in total. The van der Waals surface area contributed by atoms with Crippen LogP contribution in [0.1, 0.15) is 0 Å². The quantitative estimate of drug-likeness (QED) is 0.344.